The van der Waals surface area contributed by atoms with Crippen LogP contribution in [-0.4, -0.2) is 31.4 Å². The summed E-state index contributed by atoms with van der Waals surface area (Å²) in [6, 6.07) is 10.0. The third kappa shape index (κ3) is 3.93. The van der Waals surface area contributed by atoms with E-state index < -0.39 is 0 Å². The lowest BCUT2D eigenvalue weighted by atomic mass is 10.1. The van der Waals surface area contributed by atoms with E-state index in [1.807, 2.05) is 45.3 Å². The second-order valence-electron chi connectivity index (χ2n) is 5.12. The molecule has 3 nitrogen and oxygen atoms in total. The molecule has 0 aliphatic carbocycles. The molecule has 1 aromatic heterocycles. The largest absolute Gasteiger partial charge is 0.350 e. The van der Waals surface area contributed by atoms with Crippen LogP contribution in [0.15, 0.2) is 40.2 Å². The van der Waals surface area contributed by atoms with Gasteiger partial charge in [0.15, 0.2) is 0 Å². The van der Waals surface area contributed by atoms with Crippen molar-refractivity contribution in [2.45, 2.75) is 13.0 Å². The first-order valence-corrected chi connectivity index (χ1v) is 8.41. The minimum Gasteiger partial charge on any atom is -0.350 e. The Morgan fingerprint density at radius 3 is 2.71 bits per heavy atom. The summed E-state index contributed by atoms with van der Waals surface area (Å²) < 4.78 is 0.956. The molecule has 112 valence electrons. The van der Waals surface area contributed by atoms with E-state index in [9.17, 15) is 4.79 Å². The molecule has 0 saturated heterocycles. The molecule has 1 atom stereocenters. The van der Waals surface area contributed by atoms with E-state index in [1.54, 1.807) is 11.3 Å². The first kappa shape index (κ1) is 16.2. The lowest BCUT2D eigenvalue weighted by Crippen LogP contribution is -2.34. The molecular formula is C16H19BrN2OS. The van der Waals surface area contributed by atoms with E-state index >= 15 is 0 Å². The van der Waals surface area contributed by atoms with Crippen molar-refractivity contribution in [3.05, 3.63) is 56.2 Å². The first-order valence-electron chi connectivity index (χ1n) is 6.74. The molecule has 0 spiro atoms. The van der Waals surface area contributed by atoms with Crippen molar-refractivity contribution in [3.63, 3.8) is 0 Å². The minimum absolute atomic E-state index is 0.0304. The number of likely N-dealkylation sites (N-methyl/N-ethyl adjacent to an activating group) is 1. The zero-order valence-electron chi connectivity index (χ0n) is 12.4. The van der Waals surface area contributed by atoms with Crippen molar-refractivity contribution in [3.8, 4) is 0 Å². The number of nitrogens with one attached hydrogen (secondary N) is 1. The molecule has 5 heteroatoms. The van der Waals surface area contributed by atoms with Crippen LogP contribution < -0.4 is 5.32 Å². The normalized spacial score (nSPS) is 12.4. The van der Waals surface area contributed by atoms with Crippen molar-refractivity contribution >= 4 is 33.2 Å². The van der Waals surface area contributed by atoms with Gasteiger partial charge in [0, 0.05) is 21.5 Å². The fourth-order valence-corrected chi connectivity index (χ4v) is 3.45. The molecule has 0 aliphatic rings. The van der Waals surface area contributed by atoms with Gasteiger partial charge >= 0.3 is 0 Å². The second kappa shape index (κ2) is 7.20. The van der Waals surface area contributed by atoms with E-state index in [2.05, 4.69) is 37.6 Å². The van der Waals surface area contributed by atoms with Crippen LogP contribution >= 0.6 is 27.3 Å². The number of benzene rings is 1. The molecular weight excluding hydrogens is 348 g/mol. The van der Waals surface area contributed by atoms with Crippen LogP contribution in [0.3, 0.4) is 0 Å². The maximum atomic E-state index is 12.4. The van der Waals surface area contributed by atoms with Gasteiger partial charge in [-0.3, -0.25) is 4.79 Å². The highest BCUT2D eigenvalue weighted by atomic mass is 79.9. The van der Waals surface area contributed by atoms with Gasteiger partial charge in [-0.05, 0) is 50.2 Å². The molecule has 1 N–H and O–H groups in total. The summed E-state index contributed by atoms with van der Waals surface area (Å²) in [5, 5.41) is 5.10. The molecule has 0 fully saturated rings. The van der Waals surface area contributed by atoms with E-state index in [1.165, 1.54) is 4.88 Å². The smallest absolute Gasteiger partial charge is 0.251 e. The molecule has 1 aromatic carbocycles. The highest BCUT2D eigenvalue weighted by Crippen LogP contribution is 2.23. The molecule has 2 aromatic rings. The Labute approximate surface area is 138 Å². The van der Waals surface area contributed by atoms with Crippen LogP contribution in [0, 0.1) is 6.92 Å². The number of hydrogen-bond donors (Lipinski definition) is 1. The average Bonchev–Trinajstić information content (AvgIpc) is 2.95. The molecule has 2 rings (SSSR count). The number of carbonyl (C=O) groups excluding carboxylic acids is 1. The molecule has 1 unspecified atom stereocenters. The van der Waals surface area contributed by atoms with Gasteiger partial charge in [0.05, 0.1) is 6.04 Å². The number of hydrogen-bond acceptors (Lipinski definition) is 3. The summed E-state index contributed by atoms with van der Waals surface area (Å²) in [6.45, 7) is 2.54. The van der Waals surface area contributed by atoms with E-state index in [0.29, 0.717) is 12.1 Å². The van der Waals surface area contributed by atoms with Crippen LogP contribution in [0.2, 0.25) is 0 Å². The Morgan fingerprint density at radius 1 is 1.33 bits per heavy atom. The van der Waals surface area contributed by atoms with Gasteiger partial charge < -0.3 is 10.2 Å². The molecule has 21 heavy (non-hydrogen) atoms. The van der Waals surface area contributed by atoms with Gasteiger partial charge in [-0.15, -0.1) is 11.3 Å². The van der Waals surface area contributed by atoms with Crippen molar-refractivity contribution in [2.75, 3.05) is 20.6 Å². The summed E-state index contributed by atoms with van der Waals surface area (Å²) in [6.07, 6.45) is 0. The van der Waals surface area contributed by atoms with Gasteiger partial charge in [-0.1, -0.05) is 28.1 Å². The zero-order chi connectivity index (χ0) is 15.4. The second-order valence-corrected chi connectivity index (χ2v) is 6.95. The fourth-order valence-electron chi connectivity index (χ4n) is 2.16. The Kier molecular flexibility index (Phi) is 5.56. The number of carbonyl (C=O) groups is 1. The van der Waals surface area contributed by atoms with Crippen LogP contribution in [-0.2, 0) is 0 Å². The third-order valence-corrected chi connectivity index (χ3v) is 5.30. The van der Waals surface area contributed by atoms with Crippen molar-refractivity contribution in [2.24, 2.45) is 0 Å². The third-order valence-electron chi connectivity index (χ3n) is 3.46. The van der Waals surface area contributed by atoms with Crippen LogP contribution in [0.1, 0.15) is 26.8 Å². The van der Waals surface area contributed by atoms with Crippen LogP contribution in [0.25, 0.3) is 0 Å². The zero-order valence-corrected chi connectivity index (χ0v) is 14.8. The maximum absolute atomic E-state index is 12.4. The van der Waals surface area contributed by atoms with Crippen molar-refractivity contribution in [1.82, 2.24) is 10.2 Å². The molecule has 0 radical (unpaired) electrons. The summed E-state index contributed by atoms with van der Waals surface area (Å²) in [5.74, 6) is -0.0304. The summed E-state index contributed by atoms with van der Waals surface area (Å²) in [7, 11) is 4.06. The molecule has 0 saturated carbocycles. The summed E-state index contributed by atoms with van der Waals surface area (Å²) >= 11 is 5.17. The van der Waals surface area contributed by atoms with Crippen molar-refractivity contribution in [1.29, 1.82) is 0 Å². The van der Waals surface area contributed by atoms with Gasteiger partial charge in [0.25, 0.3) is 5.91 Å². The molecule has 1 heterocycles. The summed E-state index contributed by atoms with van der Waals surface area (Å²) in [4.78, 5) is 15.7. The minimum atomic E-state index is -0.0304. The monoisotopic (exact) mass is 366 g/mol. The Bertz CT molecular complexity index is 611. The van der Waals surface area contributed by atoms with Gasteiger partial charge in [-0.2, -0.15) is 0 Å². The standard InChI is InChI=1S/C16H19BrN2OS/c1-11-12(6-4-7-13(11)17)16(20)18-10-14(19(2)3)15-8-5-9-21-15/h4-9,14H,10H2,1-3H3,(H,18,20). The lowest BCUT2D eigenvalue weighted by molar-refractivity contribution is 0.0941. The Balaban J connectivity index is 2.07. The number of rotatable bonds is 5. The molecule has 0 bridgehead atoms. The van der Waals surface area contributed by atoms with Gasteiger partial charge in [0.1, 0.15) is 0 Å². The number of halogens is 1. The lowest BCUT2D eigenvalue weighted by Gasteiger charge is -2.23. The quantitative estimate of drug-likeness (QED) is 0.871. The first-order chi connectivity index (χ1) is 10.0. The Hall–Kier alpha value is -1.17. The fraction of sp³-hybridized carbons (Fsp3) is 0.312. The number of thiophene rings is 1. The molecule has 0 aliphatic heterocycles. The van der Waals surface area contributed by atoms with Crippen LogP contribution in [0.5, 0.6) is 0 Å². The highest BCUT2D eigenvalue weighted by Gasteiger charge is 2.17. The van der Waals surface area contributed by atoms with Crippen molar-refractivity contribution < 1.29 is 4.79 Å². The number of nitrogens with zero attached hydrogens (tertiary/aromatic N) is 1. The van der Waals surface area contributed by atoms with E-state index in [0.717, 1.165) is 10.0 Å². The SMILES string of the molecule is Cc1c(Br)cccc1C(=O)NCC(c1cccs1)N(C)C. The Morgan fingerprint density at radius 2 is 2.10 bits per heavy atom. The predicted octanol–water partition coefficient (Wildman–Crippen LogP) is 3.85. The summed E-state index contributed by atoms with van der Waals surface area (Å²) in [5.41, 5.74) is 1.68. The van der Waals surface area contributed by atoms with Gasteiger partial charge in [0.2, 0.25) is 0 Å². The van der Waals surface area contributed by atoms with E-state index in [4.69, 9.17) is 0 Å². The molecule has 1 amide bonds. The van der Waals surface area contributed by atoms with Gasteiger partial charge in [-0.25, -0.2) is 0 Å². The average molecular weight is 367 g/mol. The number of amides is 1. The maximum Gasteiger partial charge on any atom is 0.251 e. The van der Waals surface area contributed by atoms with Crippen LogP contribution in [0.4, 0.5) is 0 Å². The highest BCUT2D eigenvalue weighted by molar-refractivity contribution is 9.10. The topological polar surface area (TPSA) is 32.3 Å². The van der Waals surface area contributed by atoms with E-state index in [-0.39, 0.29) is 11.9 Å². The predicted molar refractivity (Wildman–Crippen MR) is 92.0 cm³/mol.